The van der Waals surface area contributed by atoms with Gasteiger partial charge in [0.25, 0.3) is 0 Å². The summed E-state index contributed by atoms with van der Waals surface area (Å²) < 4.78 is 24.3. The number of rotatable bonds is 5. The van der Waals surface area contributed by atoms with E-state index in [2.05, 4.69) is 0 Å². The Hall–Kier alpha value is -1.46. The summed E-state index contributed by atoms with van der Waals surface area (Å²) in [6.07, 6.45) is 2.11. The first-order chi connectivity index (χ1) is 8.66. The number of carboxylic acid groups (broad SMARTS) is 1. The maximum atomic E-state index is 13.5. The minimum atomic E-state index is -1.14. The summed E-state index contributed by atoms with van der Waals surface area (Å²) in [4.78, 5) is 10.6. The molecule has 1 aliphatic rings. The van der Waals surface area contributed by atoms with E-state index in [9.17, 15) is 9.18 Å². The molecule has 18 heavy (non-hydrogen) atoms. The Bertz CT molecular complexity index is 427. The zero-order valence-corrected chi connectivity index (χ0v) is 9.89. The molecule has 0 aliphatic carbocycles. The molecule has 0 aromatic heterocycles. The lowest BCUT2D eigenvalue weighted by molar-refractivity contribution is 0.00982. The van der Waals surface area contributed by atoms with E-state index in [1.165, 1.54) is 12.1 Å². The van der Waals surface area contributed by atoms with Crippen LogP contribution in [0.1, 0.15) is 28.8 Å². The topological polar surface area (TPSA) is 55.8 Å². The van der Waals surface area contributed by atoms with E-state index in [1.54, 1.807) is 0 Å². The summed E-state index contributed by atoms with van der Waals surface area (Å²) in [5, 5.41) is 8.71. The van der Waals surface area contributed by atoms with Crippen molar-refractivity contribution in [2.75, 3.05) is 13.2 Å². The van der Waals surface area contributed by atoms with Crippen molar-refractivity contribution in [3.63, 3.8) is 0 Å². The summed E-state index contributed by atoms with van der Waals surface area (Å²) >= 11 is 0. The molecule has 1 heterocycles. The van der Waals surface area contributed by atoms with Crippen LogP contribution < -0.4 is 0 Å². The van der Waals surface area contributed by atoms with Gasteiger partial charge in [0.05, 0.1) is 24.9 Å². The molecule has 1 aliphatic heterocycles. The number of ether oxygens (including phenoxy) is 2. The average Bonchev–Trinajstić information content (AvgIpc) is 2.84. The van der Waals surface area contributed by atoms with Crippen LogP contribution in [0.4, 0.5) is 4.39 Å². The number of halogens is 1. The van der Waals surface area contributed by atoms with Gasteiger partial charge in [-0.2, -0.15) is 0 Å². The fourth-order valence-corrected chi connectivity index (χ4v) is 1.87. The normalized spacial score (nSPS) is 19.1. The van der Waals surface area contributed by atoms with Gasteiger partial charge in [-0.05, 0) is 25.0 Å². The predicted molar refractivity (Wildman–Crippen MR) is 62.0 cm³/mol. The first-order valence-corrected chi connectivity index (χ1v) is 5.88. The van der Waals surface area contributed by atoms with E-state index >= 15 is 0 Å². The van der Waals surface area contributed by atoms with Crippen molar-refractivity contribution in [1.82, 2.24) is 0 Å². The molecule has 1 aromatic rings. The molecule has 2 rings (SSSR count). The highest BCUT2D eigenvalue weighted by Crippen LogP contribution is 2.15. The van der Waals surface area contributed by atoms with E-state index in [0.29, 0.717) is 12.2 Å². The molecule has 98 valence electrons. The van der Waals surface area contributed by atoms with Crippen LogP contribution in [-0.4, -0.2) is 30.4 Å². The van der Waals surface area contributed by atoms with Crippen LogP contribution in [0.3, 0.4) is 0 Å². The van der Waals surface area contributed by atoms with Crippen molar-refractivity contribution in [2.24, 2.45) is 0 Å². The van der Waals surface area contributed by atoms with Crippen LogP contribution in [0.2, 0.25) is 0 Å². The van der Waals surface area contributed by atoms with Gasteiger partial charge in [0.15, 0.2) is 0 Å². The maximum Gasteiger partial charge on any atom is 0.335 e. The molecule has 0 saturated carbocycles. The van der Waals surface area contributed by atoms with Crippen molar-refractivity contribution < 1.29 is 23.8 Å². The van der Waals surface area contributed by atoms with Gasteiger partial charge >= 0.3 is 5.97 Å². The van der Waals surface area contributed by atoms with Crippen molar-refractivity contribution in [1.29, 1.82) is 0 Å². The SMILES string of the molecule is O=C(O)c1ccc(COCC2CCCO2)c(F)c1. The molecule has 0 bridgehead atoms. The van der Waals surface area contributed by atoms with E-state index in [4.69, 9.17) is 14.6 Å². The van der Waals surface area contributed by atoms with E-state index < -0.39 is 11.8 Å². The number of carboxylic acids is 1. The standard InChI is InChI=1S/C13H15FO4/c14-12-6-9(13(15)16)3-4-10(12)7-17-8-11-2-1-5-18-11/h3-4,6,11H,1-2,5,7-8H2,(H,15,16). The Morgan fingerprint density at radius 1 is 1.56 bits per heavy atom. The third kappa shape index (κ3) is 3.27. The second-order valence-electron chi connectivity index (χ2n) is 4.26. The number of aromatic carboxylic acids is 1. The molecule has 0 spiro atoms. The second-order valence-corrected chi connectivity index (χ2v) is 4.26. The van der Waals surface area contributed by atoms with Gasteiger partial charge < -0.3 is 14.6 Å². The third-order valence-corrected chi connectivity index (χ3v) is 2.89. The van der Waals surface area contributed by atoms with Gasteiger partial charge in [-0.1, -0.05) is 6.07 Å². The minimum Gasteiger partial charge on any atom is -0.478 e. The highest BCUT2D eigenvalue weighted by molar-refractivity contribution is 5.87. The van der Waals surface area contributed by atoms with Crippen LogP contribution >= 0.6 is 0 Å². The smallest absolute Gasteiger partial charge is 0.335 e. The van der Waals surface area contributed by atoms with Gasteiger partial charge in [0, 0.05) is 12.2 Å². The summed E-state index contributed by atoms with van der Waals surface area (Å²) in [7, 11) is 0. The molecule has 1 atom stereocenters. The number of benzene rings is 1. The molecule has 0 amide bonds. The predicted octanol–water partition coefficient (Wildman–Crippen LogP) is 2.22. The van der Waals surface area contributed by atoms with E-state index in [-0.39, 0.29) is 18.3 Å². The lowest BCUT2D eigenvalue weighted by Crippen LogP contribution is -2.14. The van der Waals surface area contributed by atoms with E-state index in [1.807, 2.05) is 0 Å². The van der Waals surface area contributed by atoms with Gasteiger partial charge in [0.2, 0.25) is 0 Å². The Morgan fingerprint density at radius 3 is 3.00 bits per heavy atom. The Balaban J connectivity index is 1.87. The minimum absolute atomic E-state index is 0.0598. The average molecular weight is 254 g/mol. The molecular formula is C13H15FO4. The monoisotopic (exact) mass is 254 g/mol. The highest BCUT2D eigenvalue weighted by Gasteiger charge is 2.16. The molecular weight excluding hydrogens is 239 g/mol. The lowest BCUT2D eigenvalue weighted by atomic mass is 10.1. The summed E-state index contributed by atoms with van der Waals surface area (Å²) in [5.74, 6) is -1.69. The molecule has 1 unspecified atom stereocenters. The van der Waals surface area contributed by atoms with Gasteiger partial charge in [0.1, 0.15) is 5.82 Å². The fourth-order valence-electron chi connectivity index (χ4n) is 1.87. The van der Waals surface area contributed by atoms with Gasteiger partial charge in [-0.25, -0.2) is 9.18 Å². The molecule has 1 saturated heterocycles. The van der Waals surface area contributed by atoms with Crippen molar-refractivity contribution in [3.05, 3.63) is 35.1 Å². The lowest BCUT2D eigenvalue weighted by Gasteiger charge is -2.10. The second kappa shape index (κ2) is 5.93. The van der Waals surface area contributed by atoms with Crippen LogP contribution in [0.25, 0.3) is 0 Å². The molecule has 1 fully saturated rings. The number of hydrogen-bond acceptors (Lipinski definition) is 3. The van der Waals surface area contributed by atoms with Crippen LogP contribution in [-0.2, 0) is 16.1 Å². The van der Waals surface area contributed by atoms with E-state index in [0.717, 1.165) is 25.5 Å². The Labute approximate surface area is 104 Å². The van der Waals surface area contributed by atoms with Crippen molar-refractivity contribution >= 4 is 5.97 Å². The maximum absolute atomic E-state index is 13.5. The van der Waals surface area contributed by atoms with Crippen molar-refractivity contribution in [2.45, 2.75) is 25.6 Å². The van der Waals surface area contributed by atoms with Gasteiger partial charge in [-0.15, -0.1) is 0 Å². The summed E-state index contributed by atoms with van der Waals surface area (Å²) in [6.45, 7) is 1.33. The molecule has 1 aromatic carbocycles. The Kier molecular flexibility index (Phi) is 4.28. The molecule has 4 nitrogen and oxygen atoms in total. The largest absolute Gasteiger partial charge is 0.478 e. The third-order valence-electron chi connectivity index (χ3n) is 2.89. The van der Waals surface area contributed by atoms with Crippen molar-refractivity contribution in [3.8, 4) is 0 Å². The van der Waals surface area contributed by atoms with Crippen LogP contribution in [0, 0.1) is 5.82 Å². The first-order valence-electron chi connectivity index (χ1n) is 5.88. The quantitative estimate of drug-likeness (QED) is 0.875. The molecule has 0 radical (unpaired) electrons. The number of hydrogen-bond donors (Lipinski definition) is 1. The zero-order valence-electron chi connectivity index (χ0n) is 9.89. The summed E-state index contributed by atoms with van der Waals surface area (Å²) in [6, 6.07) is 3.82. The Morgan fingerprint density at radius 2 is 2.39 bits per heavy atom. The van der Waals surface area contributed by atoms with Crippen LogP contribution in [0.15, 0.2) is 18.2 Å². The zero-order chi connectivity index (χ0) is 13.0. The number of carbonyl (C=O) groups is 1. The molecule has 1 N–H and O–H groups in total. The highest BCUT2D eigenvalue weighted by atomic mass is 19.1. The van der Waals surface area contributed by atoms with Crippen LogP contribution in [0.5, 0.6) is 0 Å². The summed E-state index contributed by atoms with van der Waals surface area (Å²) in [5.41, 5.74) is 0.299. The first kappa shape index (κ1) is 13.0. The van der Waals surface area contributed by atoms with Gasteiger partial charge in [-0.3, -0.25) is 0 Å². The fraction of sp³-hybridized carbons (Fsp3) is 0.462. The molecule has 5 heteroatoms.